The Morgan fingerprint density at radius 3 is 2.69 bits per heavy atom. The molecule has 0 bridgehead atoms. The Labute approximate surface area is 81.5 Å². The topological polar surface area (TPSA) is 9.23 Å². The average molecular weight is 180 g/mol. The molecule has 3 atom stereocenters. The van der Waals surface area contributed by atoms with Crippen molar-refractivity contribution in [2.24, 2.45) is 5.92 Å². The van der Waals surface area contributed by atoms with Gasteiger partial charge in [0.1, 0.15) is 0 Å². The second-order valence-electron chi connectivity index (χ2n) is 3.97. The van der Waals surface area contributed by atoms with E-state index in [1.807, 2.05) is 6.92 Å². The predicted octanol–water partition coefficient (Wildman–Crippen LogP) is 3.32. The molecule has 1 rings (SSSR count). The van der Waals surface area contributed by atoms with Crippen LogP contribution in [0, 0.1) is 5.92 Å². The molecule has 0 saturated carbocycles. The van der Waals surface area contributed by atoms with Crippen LogP contribution in [0.4, 0.5) is 0 Å². The zero-order valence-electron chi connectivity index (χ0n) is 8.92. The lowest BCUT2D eigenvalue weighted by molar-refractivity contribution is -0.0390. The van der Waals surface area contributed by atoms with Crippen molar-refractivity contribution in [2.75, 3.05) is 0 Å². The van der Waals surface area contributed by atoms with Gasteiger partial charge in [-0.05, 0) is 33.6 Å². The molecule has 0 aromatic carbocycles. The molecule has 1 aliphatic rings. The third-order valence-electron chi connectivity index (χ3n) is 2.69. The lowest BCUT2D eigenvalue weighted by Crippen LogP contribution is -2.32. The Morgan fingerprint density at radius 1 is 1.46 bits per heavy atom. The highest BCUT2D eigenvalue weighted by Gasteiger charge is 2.27. The van der Waals surface area contributed by atoms with E-state index in [-0.39, 0.29) is 6.10 Å². The van der Waals surface area contributed by atoms with Crippen molar-refractivity contribution >= 4 is 0 Å². The van der Waals surface area contributed by atoms with Crippen molar-refractivity contribution in [3.05, 3.63) is 24.3 Å². The largest absolute Gasteiger partial charge is 0.371 e. The Kier molecular flexibility index (Phi) is 3.73. The summed E-state index contributed by atoms with van der Waals surface area (Å²) in [6, 6.07) is 0. The zero-order chi connectivity index (χ0) is 9.84. The molecule has 1 nitrogen and oxygen atoms in total. The fourth-order valence-electron chi connectivity index (χ4n) is 1.91. The normalized spacial score (nSPS) is 35.2. The summed E-state index contributed by atoms with van der Waals surface area (Å²) in [7, 11) is 0. The smallest absolute Gasteiger partial charge is 0.0824 e. The molecular weight excluding hydrogens is 160 g/mol. The van der Waals surface area contributed by atoms with Crippen LogP contribution in [0.15, 0.2) is 24.3 Å². The molecule has 3 unspecified atom stereocenters. The molecule has 1 heteroatoms. The van der Waals surface area contributed by atoms with Crippen molar-refractivity contribution in [2.45, 2.75) is 45.8 Å². The summed E-state index contributed by atoms with van der Waals surface area (Å²) in [6.45, 7) is 10.3. The lowest BCUT2D eigenvalue weighted by Gasteiger charge is -2.34. The van der Waals surface area contributed by atoms with Gasteiger partial charge in [-0.25, -0.2) is 0 Å². The molecule has 1 aliphatic heterocycles. The van der Waals surface area contributed by atoms with Crippen molar-refractivity contribution in [3.8, 4) is 0 Å². The second kappa shape index (κ2) is 4.61. The Balaban J connectivity index is 2.65. The molecule has 0 aromatic rings. The predicted molar refractivity (Wildman–Crippen MR) is 56.7 cm³/mol. The van der Waals surface area contributed by atoms with Crippen LogP contribution in [0.25, 0.3) is 0 Å². The summed E-state index contributed by atoms with van der Waals surface area (Å²) in [6.07, 6.45) is 7.24. The van der Waals surface area contributed by atoms with Crippen LogP contribution in [0.1, 0.15) is 33.6 Å². The highest BCUT2D eigenvalue weighted by molar-refractivity contribution is 5.07. The average Bonchev–Trinajstić information content (AvgIpc) is 2.04. The fraction of sp³-hybridized carbons (Fsp3) is 0.667. The molecule has 0 amide bonds. The quantitative estimate of drug-likeness (QED) is 0.592. The maximum Gasteiger partial charge on any atom is 0.0824 e. The SMILES string of the molecule is C=C(C)C1CCC(C)OC1/C=C/C. The maximum atomic E-state index is 5.85. The van der Waals surface area contributed by atoms with Crippen LogP contribution in [0.3, 0.4) is 0 Å². The van der Waals surface area contributed by atoms with Crippen molar-refractivity contribution in [1.82, 2.24) is 0 Å². The summed E-state index contributed by atoms with van der Waals surface area (Å²) in [4.78, 5) is 0. The Hall–Kier alpha value is -0.560. The van der Waals surface area contributed by atoms with Crippen LogP contribution in [-0.2, 0) is 4.74 Å². The van der Waals surface area contributed by atoms with Crippen molar-refractivity contribution in [1.29, 1.82) is 0 Å². The molecule has 1 heterocycles. The minimum absolute atomic E-state index is 0.256. The van der Waals surface area contributed by atoms with Gasteiger partial charge in [0, 0.05) is 5.92 Å². The monoisotopic (exact) mass is 180 g/mol. The summed E-state index contributed by atoms with van der Waals surface area (Å²) < 4.78 is 5.85. The highest BCUT2D eigenvalue weighted by Crippen LogP contribution is 2.30. The number of rotatable bonds is 2. The zero-order valence-corrected chi connectivity index (χ0v) is 8.92. The molecule has 0 aromatic heterocycles. The highest BCUT2D eigenvalue weighted by atomic mass is 16.5. The molecule has 0 spiro atoms. The van der Waals surface area contributed by atoms with E-state index >= 15 is 0 Å². The first kappa shape index (κ1) is 10.5. The summed E-state index contributed by atoms with van der Waals surface area (Å²) in [5.41, 5.74) is 1.25. The third kappa shape index (κ3) is 2.70. The summed E-state index contributed by atoms with van der Waals surface area (Å²) in [5.74, 6) is 0.521. The minimum Gasteiger partial charge on any atom is -0.371 e. The van der Waals surface area contributed by atoms with Crippen LogP contribution in [0.2, 0.25) is 0 Å². The first-order chi connectivity index (χ1) is 6.15. The van der Waals surface area contributed by atoms with Gasteiger partial charge >= 0.3 is 0 Å². The summed E-state index contributed by atoms with van der Waals surface area (Å²) in [5, 5.41) is 0. The Morgan fingerprint density at radius 2 is 2.15 bits per heavy atom. The Bertz CT molecular complexity index is 205. The first-order valence-corrected chi connectivity index (χ1v) is 5.08. The van der Waals surface area contributed by atoms with Gasteiger partial charge in [0.25, 0.3) is 0 Å². The molecule has 74 valence electrons. The van der Waals surface area contributed by atoms with Gasteiger partial charge in [0.05, 0.1) is 12.2 Å². The molecular formula is C12H20O. The minimum atomic E-state index is 0.256. The van der Waals surface area contributed by atoms with E-state index in [4.69, 9.17) is 4.74 Å². The van der Waals surface area contributed by atoms with E-state index in [1.165, 1.54) is 12.0 Å². The van der Waals surface area contributed by atoms with Crippen molar-refractivity contribution < 1.29 is 4.74 Å². The van der Waals surface area contributed by atoms with Crippen LogP contribution in [0.5, 0.6) is 0 Å². The molecule has 0 aliphatic carbocycles. The number of allylic oxidation sites excluding steroid dienone is 1. The molecule has 13 heavy (non-hydrogen) atoms. The van der Waals surface area contributed by atoms with Crippen molar-refractivity contribution in [3.63, 3.8) is 0 Å². The van der Waals surface area contributed by atoms with E-state index in [0.717, 1.165) is 6.42 Å². The van der Waals surface area contributed by atoms with Gasteiger partial charge in [-0.15, -0.1) is 0 Å². The summed E-state index contributed by atoms with van der Waals surface area (Å²) >= 11 is 0. The van der Waals surface area contributed by atoms with Crippen LogP contribution < -0.4 is 0 Å². The van der Waals surface area contributed by atoms with Gasteiger partial charge < -0.3 is 4.74 Å². The van der Waals surface area contributed by atoms with Gasteiger partial charge in [0.2, 0.25) is 0 Å². The molecule has 0 radical (unpaired) electrons. The molecule has 1 saturated heterocycles. The standard InChI is InChI=1S/C12H20O/c1-5-6-12-11(9(2)3)8-7-10(4)13-12/h5-6,10-12H,2,7-8H2,1,3-4H3/b6-5+. The van der Waals surface area contributed by atoms with E-state index in [0.29, 0.717) is 12.0 Å². The fourth-order valence-corrected chi connectivity index (χ4v) is 1.91. The molecule has 1 fully saturated rings. The number of hydrogen-bond acceptors (Lipinski definition) is 1. The lowest BCUT2D eigenvalue weighted by atomic mass is 9.87. The first-order valence-electron chi connectivity index (χ1n) is 5.08. The van der Waals surface area contributed by atoms with E-state index in [2.05, 4.69) is 32.6 Å². The third-order valence-corrected chi connectivity index (χ3v) is 2.69. The van der Waals surface area contributed by atoms with Crippen LogP contribution in [-0.4, -0.2) is 12.2 Å². The van der Waals surface area contributed by atoms with Gasteiger partial charge in [-0.2, -0.15) is 0 Å². The van der Waals surface area contributed by atoms with Gasteiger partial charge in [-0.1, -0.05) is 24.3 Å². The number of ether oxygens (including phenoxy) is 1. The number of hydrogen-bond donors (Lipinski definition) is 0. The van der Waals surface area contributed by atoms with E-state index < -0.39 is 0 Å². The maximum absolute atomic E-state index is 5.85. The van der Waals surface area contributed by atoms with Crippen LogP contribution >= 0.6 is 0 Å². The van der Waals surface area contributed by atoms with E-state index in [9.17, 15) is 0 Å². The second-order valence-corrected chi connectivity index (χ2v) is 3.97. The molecule has 0 N–H and O–H groups in total. The van der Waals surface area contributed by atoms with Gasteiger partial charge in [0.15, 0.2) is 0 Å². The van der Waals surface area contributed by atoms with E-state index in [1.54, 1.807) is 0 Å². The van der Waals surface area contributed by atoms with Gasteiger partial charge in [-0.3, -0.25) is 0 Å².